The highest BCUT2D eigenvalue weighted by Gasteiger charge is 2.29. The Kier molecular flexibility index (Phi) is 5.88. The lowest BCUT2D eigenvalue weighted by molar-refractivity contribution is 0.207. The summed E-state index contributed by atoms with van der Waals surface area (Å²) in [4.78, 5) is 0. The molecule has 4 heteroatoms. The van der Waals surface area contributed by atoms with Crippen molar-refractivity contribution >= 4 is 24.8 Å². The van der Waals surface area contributed by atoms with Gasteiger partial charge in [0.05, 0.1) is 0 Å². The van der Waals surface area contributed by atoms with Gasteiger partial charge in [0.15, 0.2) is 0 Å². The average molecular weight is 173 g/mol. The Bertz CT molecular complexity index is 67.8. The minimum Gasteiger partial charge on any atom is -0.330 e. The maximum Gasteiger partial charge on any atom is 0.00467 e. The van der Waals surface area contributed by atoms with E-state index in [1.165, 1.54) is 0 Å². The normalized spacial score (nSPS) is 20.7. The molecule has 3 N–H and O–H groups in total. The van der Waals surface area contributed by atoms with Gasteiger partial charge in [-0.1, -0.05) is 6.92 Å². The average Bonchev–Trinajstić information content (AvgIpc) is 1.61. The zero-order valence-electron chi connectivity index (χ0n) is 5.52. The van der Waals surface area contributed by atoms with Crippen LogP contribution in [0.5, 0.6) is 0 Å². The highest BCUT2D eigenvalue weighted by molar-refractivity contribution is 5.85. The third kappa shape index (κ3) is 2.72. The first-order valence-electron chi connectivity index (χ1n) is 2.68. The van der Waals surface area contributed by atoms with Crippen LogP contribution >= 0.6 is 24.8 Å². The van der Waals surface area contributed by atoms with Crippen molar-refractivity contribution in [3.63, 3.8) is 0 Å². The van der Waals surface area contributed by atoms with E-state index >= 15 is 0 Å². The number of hydrogen-bond donors (Lipinski definition) is 2. The molecular weight excluding hydrogens is 159 g/mol. The van der Waals surface area contributed by atoms with Crippen molar-refractivity contribution in [2.24, 2.45) is 11.1 Å². The largest absolute Gasteiger partial charge is 0.330 e. The van der Waals surface area contributed by atoms with E-state index in [0.29, 0.717) is 5.41 Å². The van der Waals surface area contributed by atoms with Crippen molar-refractivity contribution < 1.29 is 0 Å². The van der Waals surface area contributed by atoms with Crippen LogP contribution in [0.25, 0.3) is 0 Å². The quantitative estimate of drug-likeness (QED) is 0.602. The third-order valence-electron chi connectivity index (χ3n) is 1.60. The molecule has 1 fully saturated rings. The molecule has 0 radical (unpaired) electrons. The Hall–Kier alpha value is 0.500. The summed E-state index contributed by atoms with van der Waals surface area (Å²) >= 11 is 0. The molecule has 1 rings (SSSR count). The summed E-state index contributed by atoms with van der Waals surface area (Å²) in [5, 5.41) is 3.17. The second-order valence-corrected chi connectivity index (χ2v) is 2.62. The van der Waals surface area contributed by atoms with Gasteiger partial charge in [-0.25, -0.2) is 0 Å². The minimum atomic E-state index is 0. The summed E-state index contributed by atoms with van der Waals surface area (Å²) in [6.07, 6.45) is 0. The molecule has 2 nitrogen and oxygen atoms in total. The van der Waals surface area contributed by atoms with Crippen LogP contribution in [0.4, 0.5) is 0 Å². The molecule has 1 aliphatic rings. The van der Waals surface area contributed by atoms with E-state index in [4.69, 9.17) is 5.73 Å². The van der Waals surface area contributed by atoms with Gasteiger partial charge in [0.2, 0.25) is 0 Å². The Morgan fingerprint density at radius 1 is 1.44 bits per heavy atom. The van der Waals surface area contributed by atoms with Gasteiger partial charge in [0.1, 0.15) is 0 Å². The van der Waals surface area contributed by atoms with Gasteiger partial charge in [-0.05, 0) is 0 Å². The molecule has 0 saturated carbocycles. The molecule has 0 aromatic rings. The number of nitrogens with two attached hydrogens (primary N) is 1. The van der Waals surface area contributed by atoms with Crippen molar-refractivity contribution in [2.75, 3.05) is 19.6 Å². The molecule has 0 aliphatic carbocycles. The topological polar surface area (TPSA) is 38.0 Å². The Labute approximate surface area is 68.4 Å². The van der Waals surface area contributed by atoms with Crippen LogP contribution in [0, 0.1) is 5.41 Å². The zero-order chi connectivity index (χ0) is 5.33. The zero-order valence-corrected chi connectivity index (χ0v) is 7.15. The molecule has 1 saturated heterocycles. The van der Waals surface area contributed by atoms with Gasteiger partial charge in [-0.3, -0.25) is 0 Å². The van der Waals surface area contributed by atoms with Crippen molar-refractivity contribution in [3.8, 4) is 0 Å². The molecule has 0 unspecified atom stereocenters. The van der Waals surface area contributed by atoms with E-state index in [1.807, 2.05) is 0 Å². The third-order valence-corrected chi connectivity index (χ3v) is 1.60. The fourth-order valence-corrected chi connectivity index (χ4v) is 0.696. The maximum absolute atomic E-state index is 5.43. The summed E-state index contributed by atoms with van der Waals surface area (Å²) in [5.41, 5.74) is 5.86. The summed E-state index contributed by atoms with van der Waals surface area (Å²) in [5.74, 6) is 0. The Balaban J connectivity index is 0. The molecular formula is C5H14Cl2N2. The van der Waals surface area contributed by atoms with Crippen LogP contribution in [-0.2, 0) is 0 Å². The van der Waals surface area contributed by atoms with Crippen LogP contribution in [-0.4, -0.2) is 19.6 Å². The van der Waals surface area contributed by atoms with E-state index in [1.54, 1.807) is 0 Å². The summed E-state index contributed by atoms with van der Waals surface area (Å²) in [6.45, 7) is 5.22. The van der Waals surface area contributed by atoms with Crippen molar-refractivity contribution in [1.82, 2.24) is 5.32 Å². The molecule has 0 amide bonds. The Morgan fingerprint density at radius 3 is 1.89 bits per heavy atom. The van der Waals surface area contributed by atoms with Gasteiger partial charge in [-0.2, -0.15) is 0 Å². The fraction of sp³-hybridized carbons (Fsp3) is 1.00. The predicted octanol–water partition coefficient (Wildman–Crippen LogP) is 0.398. The monoisotopic (exact) mass is 172 g/mol. The van der Waals surface area contributed by atoms with Gasteiger partial charge in [0, 0.05) is 25.0 Å². The second kappa shape index (κ2) is 4.34. The lowest BCUT2D eigenvalue weighted by Crippen LogP contribution is -2.55. The van der Waals surface area contributed by atoms with Gasteiger partial charge < -0.3 is 11.1 Å². The van der Waals surface area contributed by atoms with Gasteiger partial charge in [-0.15, -0.1) is 24.8 Å². The summed E-state index contributed by atoms with van der Waals surface area (Å²) in [7, 11) is 0. The number of hydrogen-bond acceptors (Lipinski definition) is 2. The molecule has 0 aromatic heterocycles. The van der Waals surface area contributed by atoms with E-state index in [0.717, 1.165) is 19.6 Å². The van der Waals surface area contributed by atoms with Crippen LogP contribution in [0.3, 0.4) is 0 Å². The highest BCUT2D eigenvalue weighted by atomic mass is 35.5. The Morgan fingerprint density at radius 2 is 1.89 bits per heavy atom. The molecule has 1 heterocycles. The highest BCUT2D eigenvalue weighted by Crippen LogP contribution is 2.17. The van der Waals surface area contributed by atoms with Crippen LogP contribution in [0.1, 0.15) is 6.92 Å². The predicted molar refractivity (Wildman–Crippen MR) is 44.5 cm³/mol. The van der Waals surface area contributed by atoms with E-state index in [9.17, 15) is 0 Å². The standard InChI is InChI=1S/C5H12N2.2ClH/c1-5(2-6)3-7-4-5;;/h7H,2-4,6H2,1H3;2*1H. The molecule has 58 valence electrons. The molecule has 9 heavy (non-hydrogen) atoms. The van der Waals surface area contributed by atoms with Crippen LogP contribution < -0.4 is 11.1 Å². The van der Waals surface area contributed by atoms with Gasteiger partial charge in [0.25, 0.3) is 0 Å². The van der Waals surface area contributed by atoms with Gasteiger partial charge >= 0.3 is 0 Å². The fourth-order valence-electron chi connectivity index (χ4n) is 0.696. The first-order valence-corrected chi connectivity index (χ1v) is 2.68. The number of rotatable bonds is 1. The SMILES string of the molecule is CC1(CN)CNC1.Cl.Cl. The van der Waals surface area contributed by atoms with Crippen molar-refractivity contribution in [3.05, 3.63) is 0 Å². The van der Waals surface area contributed by atoms with Crippen LogP contribution in [0.15, 0.2) is 0 Å². The molecule has 0 aromatic carbocycles. The number of halogens is 2. The second-order valence-electron chi connectivity index (χ2n) is 2.62. The molecule has 1 aliphatic heterocycles. The number of nitrogens with one attached hydrogen (secondary N) is 1. The maximum atomic E-state index is 5.43. The molecule has 0 spiro atoms. The molecule has 0 bridgehead atoms. The summed E-state index contributed by atoms with van der Waals surface area (Å²) in [6, 6.07) is 0. The first-order chi connectivity index (χ1) is 3.27. The van der Waals surface area contributed by atoms with E-state index < -0.39 is 0 Å². The lowest BCUT2D eigenvalue weighted by atomic mass is 9.85. The smallest absolute Gasteiger partial charge is 0.00467 e. The van der Waals surface area contributed by atoms with Crippen molar-refractivity contribution in [1.29, 1.82) is 0 Å². The molecule has 0 atom stereocenters. The first kappa shape index (κ1) is 12.2. The lowest BCUT2D eigenvalue weighted by Gasteiger charge is -2.37. The minimum absolute atomic E-state index is 0. The van der Waals surface area contributed by atoms with Crippen LogP contribution in [0.2, 0.25) is 0 Å². The summed E-state index contributed by atoms with van der Waals surface area (Å²) < 4.78 is 0. The van der Waals surface area contributed by atoms with E-state index in [-0.39, 0.29) is 24.8 Å². The van der Waals surface area contributed by atoms with E-state index in [2.05, 4.69) is 12.2 Å². The van der Waals surface area contributed by atoms with Crippen molar-refractivity contribution in [2.45, 2.75) is 6.92 Å².